The van der Waals surface area contributed by atoms with Crippen LogP contribution >= 0.6 is 0 Å². The highest BCUT2D eigenvalue weighted by atomic mass is 19.2. The molecule has 5 heteroatoms. The third kappa shape index (κ3) is 7.18. The molecule has 1 aliphatic rings. The molecule has 0 amide bonds. The summed E-state index contributed by atoms with van der Waals surface area (Å²) < 4.78 is 40.3. The molecule has 0 aliphatic heterocycles. The van der Waals surface area contributed by atoms with Crippen LogP contribution in [0.4, 0.5) is 8.78 Å². The summed E-state index contributed by atoms with van der Waals surface area (Å²) >= 11 is 0. The molecule has 1 aliphatic carbocycles. The van der Waals surface area contributed by atoms with Gasteiger partial charge < -0.3 is 9.47 Å². The van der Waals surface area contributed by atoms with Crippen LogP contribution in [0, 0.1) is 43.2 Å². The number of carbonyl (C=O) groups is 1. The maximum absolute atomic E-state index is 14.8. The van der Waals surface area contributed by atoms with Crippen LogP contribution in [-0.2, 0) is 0 Å². The highest BCUT2D eigenvalue weighted by molar-refractivity contribution is 5.91. The predicted molar refractivity (Wildman–Crippen MR) is 142 cm³/mol. The average Bonchev–Trinajstić information content (AvgIpc) is 3.46. The van der Waals surface area contributed by atoms with Crippen LogP contribution in [0.2, 0.25) is 0 Å². The second-order valence-corrected chi connectivity index (χ2v) is 9.02. The van der Waals surface area contributed by atoms with E-state index in [1.807, 2.05) is 37.8 Å². The second-order valence-electron chi connectivity index (χ2n) is 9.02. The minimum Gasteiger partial charge on any atom is -0.490 e. The number of hydrogen-bond acceptors (Lipinski definition) is 3. The van der Waals surface area contributed by atoms with E-state index >= 15 is 0 Å². The highest BCUT2D eigenvalue weighted by Crippen LogP contribution is 2.32. The fourth-order valence-corrected chi connectivity index (χ4v) is 4.16. The highest BCUT2D eigenvalue weighted by Gasteiger charge is 2.20. The third-order valence-electron chi connectivity index (χ3n) is 6.29. The number of esters is 1. The molecule has 1 fully saturated rings. The number of halogens is 2. The van der Waals surface area contributed by atoms with Gasteiger partial charge in [0.2, 0.25) is 5.82 Å². The number of carbonyl (C=O) groups excluding carboxylic acids is 1. The molecular weight excluding hydrogens is 470 g/mol. The first-order valence-electron chi connectivity index (χ1n) is 12.8. The quantitative estimate of drug-likeness (QED) is 0.142. The predicted octanol–water partition coefficient (Wildman–Crippen LogP) is 8.34. The lowest BCUT2D eigenvalue weighted by Gasteiger charge is -2.11. The lowest BCUT2D eigenvalue weighted by Crippen LogP contribution is -2.08. The summed E-state index contributed by atoms with van der Waals surface area (Å²) in [5, 5.41) is 0. The van der Waals surface area contributed by atoms with Gasteiger partial charge in [0.1, 0.15) is 5.75 Å². The van der Waals surface area contributed by atoms with Gasteiger partial charge in [-0.1, -0.05) is 63.3 Å². The Morgan fingerprint density at radius 3 is 2.08 bits per heavy atom. The molecule has 0 spiro atoms. The van der Waals surface area contributed by atoms with Crippen molar-refractivity contribution in [2.24, 2.45) is 0 Å². The van der Waals surface area contributed by atoms with E-state index in [9.17, 15) is 13.6 Å². The number of benzene rings is 3. The van der Waals surface area contributed by atoms with E-state index in [1.165, 1.54) is 31.4 Å². The molecule has 3 aromatic rings. The summed E-state index contributed by atoms with van der Waals surface area (Å²) in [6, 6.07) is 16.4. The lowest BCUT2D eigenvalue weighted by atomic mass is 9.97. The van der Waals surface area contributed by atoms with Gasteiger partial charge in [0.05, 0.1) is 12.2 Å². The number of rotatable bonds is 12. The van der Waals surface area contributed by atoms with E-state index in [4.69, 9.17) is 9.47 Å². The van der Waals surface area contributed by atoms with Crippen molar-refractivity contribution in [3.05, 3.63) is 115 Å². The summed E-state index contributed by atoms with van der Waals surface area (Å²) in [5.74, 6) is -1.14. The van der Waals surface area contributed by atoms with Crippen LogP contribution < -0.4 is 9.47 Å². The fourth-order valence-electron chi connectivity index (χ4n) is 4.16. The number of ether oxygens (including phenoxy) is 2. The van der Waals surface area contributed by atoms with Crippen LogP contribution in [0.15, 0.2) is 60.7 Å². The summed E-state index contributed by atoms with van der Waals surface area (Å²) in [6.45, 7) is 2.53. The van der Waals surface area contributed by atoms with Crippen LogP contribution in [-0.4, -0.2) is 12.6 Å². The van der Waals surface area contributed by atoms with Crippen LogP contribution in [0.5, 0.6) is 11.5 Å². The van der Waals surface area contributed by atoms with Gasteiger partial charge in [0.25, 0.3) is 0 Å². The molecule has 5 radical (unpaired) electrons. The average molecular weight is 502 g/mol. The molecule has 0 saturated heterocycles. The molecule has 191 valence electrons. The van der Waals surface area contributed by atoms with Crippen molar-refractivity contribution in [3.63, 3.8) is 0 Å². The zero-order chi connectivity index (χ0) is 26.0. The van der Waals surface area contributed by atoms with Crippen molar-refractivity contribution < 1.29 is 23.0 Å². The lowest BCUT2D eigenvalue weighted by molar-refractivity contribution is 0.0734. The van der Waals surface area contributed by atoms with Gasteiger partial charge in [-0.3, -0.25) is 0 Å². The van der Waals surface area contributed by atoms with Crippen LogP contribution in [0.25, 0.3) is 11.1 Å². The van der Waals surface area contributed by atoms with Gasteiger partial charge in [0.15, 0.2) is 11.6 Å². The van der Waals surface area contributed by atoms with Gasteiger partial charge >= 0.3 is 5.97 Å². The third-order valence-corrected chi connectivity index (χ3v) is 6.29. The smallest absolute Gasteiger partial charge is 0.343 e. The van der Waals surface area contributed by atoms with E-state index in [-0.39, 0.29) is 11.3 Å². The minimum absolute atomic E-state index is 0.0789. The van der Waals surface area contributed by atoms with E-state index in [0.717, 1.165) is 30.7 Å². The molecule has 4 rings (SSSR count). The zero-order valence-electron chi connectivity index (χ0n) is 21.0. The van der Waals surface area contributed by atoms with Crippen molar-refractivity contribution in [2.75, 3.05) is 6.61 Å². The van der Waals surface area contributed by atoms with Crippen LogP contribution in [0.3, 0.4) is 0 Å². The Labute approximate surface area is 218 Å². The van der Waals surface area contributed by atoms with Gasteiger partial charge in [-0.2, -0.15) is 4.39 Å². The number of hydrogen-bond donors (Lipinski definition) is 0. The Bertz CT molecular complexity index is 1150. The first kappa shape index (κ1) is 26.8. The molecule has 3 nitrogen and oxygen atoms in total. The van der Waals surface area contributed by atoms with Crippen molar-refractivity contribution >= 4 is 5.97 Å². The SMILES string of the molecule is CCCCCCCCOc1ccc(-c2ccc(OC(=O)c3ccc([C]4[CH][CH][CH][CH]4)cc3)cc2)c(F)c1F. The van der Waals surface area contributed by atoms with Crippen LogP contribution in [0.1, 0.15) is 61.4 Å². The Hall–Kier alpha value is -3.21. The Morgan fingerprint density at radius 2 is 1.38 bits per heavy atom. The Morgan fingerprint density at radius 1 is 0.730 bits per heavy atom. The van der Waals surface area contributed by atoms with Crippen molar-refractivity contribution in [1.29, 1.82) is 0 Å². The monoisotopic (exact) mass is 501 g/mol. The Balaban J connectivity index is 1.32. The molecule has 0 atom stereocenters. The number of unbranched alkanes of at least 4 members (excludes halogenated alkanes) is 5. The first-order chi connectivity index (χ1) is 18.1. The topological polar surface area (TPSA) is 35.5 Å². The maximum Gasteiger partial charge on any atom is 0.343 e. The molecule has 0 bridgehead atoms. The van der Waals surface area contributed by atoms with Gasteiger partial charge in [-0.15, -0.1) is 0 Å². The van der Waals surface area contributed by atoms with E-state index in [0.29, 0.717) is 23.5 Å². The van der Waals surface area contributed by atoms with E-state index in [2.05, 4.69) is 6.92 Å². The second kappa shape index (κ2) is 13.4. The van der Waals surface area contributed by atoms with E-state index < -0.39 is 17.6 Å². The Kier molecular flexibility index (Phi) is 9.70. The standard InChI is InChI=1S/C32H31F2O3/c1-2-3-4-5-6-9-22-36-29-21-20-28(30(33)31(29)34)25-16-18-27(19-17-25)37-32(35)26-14-12-24(13-15-26)23-10-7-8-11-23/h7-8,10-21H,2-6,9,22H2,1H3. The van der Waals surface area contributed by atoms with Crippen molar-refractivity contribution in [3.8, 4) is 22.6 Å². The maximum atomic E-state index is 14.8. The zero-order valence-corrected chi connectivity index (χ0v) is 21.0. The van der Waals surface area contributed by atoms with Crippen molar-refractivity contribution in [2.45, 2.75) is 45.4 Å². The van der Waals surface area contributed by atoms with Gasteiger partial charge in [-0.05, 0) is 79.6 Å². The molecular formula is C32H31F2O3. The summed E-state index contributed by atoms with van der Waals surface area (Å²) in [7, 11) is 0. The van der Waals surface area contributed by atoms with Gasteiger partial charge in [-0.25, -0.2) is 9.18 Å². The summed E-state index contributed by atoms with van der Waals surface area (Å²) in [5.41, 5.74) is 2.02. The molecule has 0 N–H and O–H groups in total. The van der Waals surface area contributed by atoms with Gasteiger partial charge in [0, 0.05) is 11.5 Å². The molecule has 3 aromatic carbocycles. The first-order valence-corrected chi connectivity index (χ1v) is 12.8. The molecule has 37 heavy (non-hydrogen) atoms. The summed E-state index contributed by atoms with van der Waals surface area (Å²) in [4.78, 5) is 12.5. The summed E-state index contributed by atoms with van der Waals surface area (Å²) in [6.07, 6.45) is 14.5. The molecule has 0 aromatic heterocycles. The minimum atomic E-state index is -0.996. The van der Waals surface area contributed by atoms with Crippen molar-refractivity contribution in [1.82, 2.24) is 0 Å². The van der Waals surface area contributed by atoms with E-state index in [1.54, 1.807) is 36.4 Å². The molecule has 1 saturated carbocycles. The largest absolute Gasteiger partial charge is 0.490 e. The normalized spacial score (nSPS) is 13.6. The fraction of sp³-hybridized carbons (Fsp3) is 0.250. The molecule has 0 unspecified atom stereocenters. The molecule has 0 heterocycles.